The van der Waals surface area contributed by atoms with E-state index in [0.717, 1.165) is 59.5 Å². The molecule has 1 aromatic heterocycles. The van der Waals surface area contributed by atoms with Crippen molar-refractivity contribution >= 4 is 94.0 Å². The first-order valence-corrected chi connectivity index (χ1v) is 44.9. The van der Waals surface area contributed by atoms with Crippen LogP contribution in [0.15, 0.2) is 114 Å². The molecule has 11 amide bonds. The number of esters is 1. The highest BCUT2D eigenvalue weighted by molar-refractivity contribution is 7.09. The number of thiazole rings is 1. The Balaban J connectivity index is 0.813. The molecule has 0 radical (unpaired) electrons. The number of allylic oxidation sites excluding steroid dienone is 5. The highest BCUT2D eigenvalue weighted by Gasteiger charge is 2.41. The van der Waals surface area contributed by atoms with Crippen LogP contribution < -0.4 is 48.3 Å². The number of primary amides is 1. The van der Waals surface area contributed by atoms with Crippen molar-refractivity contribution < 1.29 is 95.9 Å². The van der Waals surface area contributed by atoms with E-state index in [1.807, 2.05) is 88.2 Å². The number of nitrogens with zero attached hydrogens (tertiary/aromatic N) is 4. The zero-order valence-corrected chi connectivity index (χ0v) is 76.2. The Kier molecular flexibility index (Phi) is 44.3. The highest BCUT2D eigenvalue weighted by Crippen LogP contribution is 2.34. The van der Waals surface area contributed by atoms with Gasteiger partial charge in [0, 0.05) is 86.1 Å². The summed E-state index contributed by atoms with van der Waals surface area (Å²) < 4.78 is 33.8. The van der Waals surface area contributed by atoms with Gasteiger partial charge in [-0.05, 0) is 162 Å². The van der Waals surface area contributed by atoms with Crippen LogP contribution in [-0.4, -0.2) is 219 Å². The minimum Gasteiger partial charge on any atom is -0.481 e. The first kappa shape index (κ1) is 104. The molecular weight excluding hydrogens is 1660 g/mol. The van der Waals surface area contributed by atoms with Gasteiger partial charge in [-0.15, -0.1) is 23.7 Å². The van der Waals surface area contributed by atoms with Crippen molar-refractivity contribution in [3.63, 3.8) is 0 Å². The number of likely N-dealkylation sites (tertiary alicyclic amines) is 1. The number of carbonyl (C=O) groups is 12. The minimum atomic E-state index is -1.31. The summed E-state index contributed by atoms with van der Waals surface area (Å²) in [6.45, 7) is 18.8. The van der Waals surface area contributed by atoms with Crippen LogP contribution in [0, 0.1) is 47.4 Å². The standard InChI is InChI=1S/C94H129N13O20S/c1-12-14-22-47-126-107(90(116)84(64(7)13-2)104-87(114)77-30-20-21-46-105(77)11)78(62(3)4)57-79(127-65(8)108)89-102-75(61-128-89)86(113)99-73(58-94(9,10)91(117)118)56-66-33-39-72(40-34-66)100-93(120)125-60-67-35-41-71(42-36-67)98-85(112)74(28-24-44-97-92(95)119)101-88(115)83(63(5)6)103-81(110)43-48-121-50-52-123-54-55-124-53-51-122-49-45-96-80(109)31-23-32-82(111)106-59-70-27-19-18-25-68(70)37-38-69-26-16-15-17-29-76(69)106/h1,16-19,25-27,29,33-36,39-42,61-64,73-74,77-79,83-84H,13-15,20-24,28,30-32,43-60H2,2-11H3,(H,96,109)(H,98,112)(H,99,113)(H,100,120)(H,101,115)(H,103,110)(H,104,114)(H,117,118)(H3,95,97,119)/t64-,73-,74-,77+,78+,79+,83-,84-/m0/s1. The zero-order valence-electron chi connectivity index (χ0n) is 75.4. The summed E-state index contributed by atoms with van der Waals surface area (Å²) in [6, 6.07) is 15.1. The number of aromatic nitrogens is 1. The Bertz CT molecular complexity index is 4550. The Hall–Kier alpha value is -11.4. The number of fused-ring (bicyclic) bond motifs is 1. The van der Waals surface area contributed by atoms with Crippen LogP contribution in [0.1, 0.15) is 202 Å². The van der Waals surface area contributed by atoms with Gasteiger partial charge in [-0.1, -0.05) is 121 Å². The Labute approximate surface area is 755 Å². The van der Waals surface area contributed by atoms with E-state index < -0.39 is 107 Å². The summed E-state index contributed by atoms with van der Waals surface area (Å²) in [5, 5.41) is 35.6. The van der Waals surface area contributed by atoms with Crippen LogP contribution >= 0.6 is 11.3 Å². The normalized spacial score (nSPS) is 15.3. The fraction of sp³-hybridized carbons (Fsp3) is 0.543. The van der Waals surface area contributed by atoms with Crippen molar-refractivity contribution in [2.45, 2.75) is 221 Å². The van der Waals surface area contributed by atoms with Crippen molar-refractivity contribution in [1.82, 2.24) is 51.7 Å². The van der Waals surface area contributed by atoms with Crippen LogP contribution in [0.4, 0.5) is 21.0 Å². The Morgan fingerprint density at radius 1 is 0.719 bits per heavy atom. The molecule has 0 spiro atoms. The van der Waals surface area contributed by atoms with Gasteiger partial charge in [-0.25, -0.2) is 19.6 Å². The molecule has 8 atom stereocenters. The average molecular weight is 1790 g/mol. The molecule has 1 aliphatic carbocycles. The van der Waals surface area contributed by atoms with E-state index in [9.17, 15) is 62.6 Å². The SMILES string of the molecule is C#CCCCON(C(=O)[C@@H](NC(=O)[C@H]1CCCCN1C)[C@@H](C)CC)[C@H](C[C@@H](OC(C)=O)c1nc(C(=O)N[C@@H](Cc2ccc(NC(=O)OCc3ccc(NC(=O)[C@H](CCCNC(N)=O)NC(=O)[C@@H](NC(=O)CCOCCOCCOCCOCCNC(=O)CCCC(=O)N4Cc5ccccc5C#CC5=C4C=CCC=C5)C(C)C)cc3)cc2)CC(C)(C)C(=O)O)cs1)C(C)C. The van der Waals surface area contributed by atoms with Gasteiger partial charge in [-0.3, -0.25) is 63.0 Å². The van der Waals surface area contributed by atoms with Gasteiger partial charge < -0.3 is 81.4 Å². The van der Waals surface area contributed by atoms with Gasteiger partial charge in [0.25, 0.3) is 11.8 Å². The third kappa shape index (κ3) is 35.7. The number of hydroxylamine groups is 2. The number of amides is 11. The summed E-state index contributed by atoms with van der Waals surface area (Å²) in [7, 11) is 1.90. The number of likely N-dealkylation sites (N-methyl/N-ethyl adjacent to an activating group) is 1. The molecule has 0 bridgehead atoms. The summed E-state index contributed by atoms with van der Waals surface area (Å²) in [5.41, 5.74) is 9.25. The first-order chi connectivity index (χ1) is 61.3. The number of urea groups is 1. The number of terminal acetylenes is 1. The number of aliphatic carboxylic acids is 1. The molecule has 7 rings (SSSR count). The number of hydrogen-bond donors (Lipinski definition) is 10. The Morgan fingerprint density at radius 2 is 1.39 bits per heavy atom. The number of piperidine rings is 1. The number of rotatable bonds is 54. The maximum absolute atomic E-state index is 15.0. The maximum atomic E-state index is 15.0. The number of ether oxygens (including phenoxy) is 6. The molecule has 3 heterocycles. The lowest BCUT2D eigenvalue weighted by molar-refractivity contribution is -0.213. The van der Waals surface area contributed by atoms with Crippen molar-refractivity contribution in [2.75, 3.05) is 96.8 Å². The number of carboxylic acids is 1. The highest BCUT2D eigenvalue weighted by atomic mass is 32.1. The van der Waals surface area contributed by atoms with Crippen molar-refractivity contribution in [2.24, 2.45) is 28.9 Å². The molecule has 0 saturated carbocycles. The lowest BCUT2D eigenvalue weighted by atomic mass is 9.84. The van der Waals surface area contributed by atoms with E-state index >= 15 is 0 Å². The topological polar surface area (TPSA) is 435 Å². The molecule has 0 unspecified atom stereocenters. The van der Waals surface area contributed by atoms with Crippen LogP contribution in [0.3, 0.4) is 0 Å². The van der Waals surface area contributed by atoms with E-state index in [0.29, 0.717) is 87.5 Å². The van der Waals surface area contributed by atoms with E-state index in [1.165, 1.54) is 17.4 Å². The lowest BCUT2D eigenvalue weighted by Crippen LogP contribution is -2.58. The predicted octanol–water partition coefficient (Wildman–Crippen LogP) is 9.86. The second kappa shape index (κ2) is 54.7. The van der Waals surface area contributed by atoms with Crippen molar-refractivity contribution in [3.05, 3.63) is 147 Å². The monoisotopic (exact) mass is 1790 g/mol. The quantitative estimate of drug-likeness (QED) is 0.00850. The molecule has 11 N–H and O–H groups in total. The first-order valence-electron chi connectivity index (χ1n) is 44.0. The summed E-state index contributed by atoms with van der Waals surface area (Å²) in [6.07, 6.45) is 17.4. The van der Waals surface area contributed by atoms with Crippen molar-refractivity contribution in [3.8, 4) is 24.2 Å². The number of benzene rings is 3. The molecule has 4 aromatic rings. The molecule has 1 fully saturated rings. The summed E-state index contributed by atoms with van der Waals surface area (Å²) in [4.78, 5) is 175. The second-order valence-corrected chi connectivity index (χ2v) is 34.0. The van der Waals surface area contributed by atoms with Crippen LogP contribution in [0.5, 0.6) is 0 Å². The zero-order chi connectivity index (χ0) is 93.1. The van der Waals surface area contributed by atoms with E-state index in [2.05, 4.69) is 65.3 Å². The number of nitrogens with one attached hydrogen (secondary N) is 8. The maximum Gasteiger partial charge on any atom is 0.411 e. The third-order valence-electron chi connectivity index (χ3n) is 21.8. The molecule has 2 aliphatic heterocycles. The molecular formula is C94H129N13O20S. The molecule has 33 nitrogen and oxygen atoms in total. The number of carboxylic acid groups (broad SMARTS) is 1. The fourth-order valence-corrected chi connectivity index (χ4v) is 15.1. The van der Waals surface area contributed by atoms with Gasteiger partial charge in [0.2, 0.25) is 35.4 Å². The molecule has 128 heavy (non-hydrogen) atoms. The van der Waals surface area contributed by atoms with Gasteiger partial charge in [0.05, 0.1) is 89.2 Å². The second-order valence-electron chi connectivity index (χ2n) is 33.1. The van der Waals surface area contributed by atoms with Gasteiger partial charge in [-0.2, -0.15) is 0 Å². The van der Waals surface area contributed by atoms with Gasteiger partial charge in [0.1, 0.15) is 35.4 Å². The lowest BCUT2D eigenvalue weighted by Gasteiger charge is -2.39. The number of anilines is 2. The van der Waals surface area contributed by atoms with E-state index in [-0.39, 0.29) is 144 Å². The van der Waals surface area contributed by atoms with Crippen LogP contribution in [0.2, 0.25) is 0 Å². The van der Waals surface area contributed by atoms with Gasteiger partial charge >= 0.3 is 24.1 Å². The third-order valence-corrected chi connectivity index (χ3v) is 22.7. The van der Waals surface area contributed by atoms with Gasteiger partial charge in [0.15, 0.2) is 6.10 Å². The predicted molar refractivity (Wildman–Crippen MR) is 483 cm³/mol. The minimum absolute atomic E-state index is 0.00725. The number of carbonyl (C=O) groups excluding carboxylic acids is 11. The summed E-state index contributed by atoms with van der Waals surface area (Å²) in [5.74, 6) is 3.06. The molecule has 696 valence electrons. The molecule has 1 saturated heterocycles. The largest absolute Gasteiger partial charge is 0.481 e. The van der Waals surface area contributed by atoms with E-state index in [1.54, 1.807) is 81.1 Å². The van der Waals surface area contributed by atoms with Crippen LogP contribution in [-0.2, 0) is 96.0 Å². The van der Waals surface area contributed by atoms with E-state index in [4.69, 9.17) is 45.4 Å². The summed E-state index contributed by atoms with van der Waals surface area (Å²) >= 11 is 1.07. The smallest absolute Gasteiger partial charge is 0.411 e. The molecule has 34 heteroatoms. The number of nitrogens with two attached hydrogens (primary N) is 1. The van der Waals surface area contributed by atoms with Crippen LogP contribution in [0.25, 0.3) is 0 Å². The average Bonchev–Trinajstić information content (AvgIpc) is 1.20. The molecule has 3 aromatic carbocycles. The van der Waals surface area contributed by atoms with Crippen molar-refractivity contribution in [1.29, 1.82) is 0 Å². The number of unbranched alkanes of at least 4 members (excludes halogenated alkanes) is 1. The molecule has 3 aliphatic rings. The Morgan fingerprint density at radius 3 is 2.05 bits per heavy atom. The number of hydrogen-bond acceptors (Lipinski definition) is 22. The fourth-order valence-electron chi connectivity index (χ4n) is 14.3.